The van der Waals surface area contributed by atoms with Crippen LogP contribution in [0.15, 0.2) is 0 Å². The molecule has 0 unspecified atom stereocenters. The van der Waals surface area contributed by atoms with Crippen LogP contribution >= 0.6 is 0 Å². The molecule has 1 radical (unpaired) electrons. The van der Waals surface area contributed by atoms with Crippen LogP contribution in [0.3, 0.4) is 0 Å². The molecular weight excluding hydrogens is 597 g/mol. The predicted octanol–water partition coefficient (Wildman–Crippen LogP) is -1.86. The fourth-order valence-electron chi connectivity index (χ4n) is 0. The molecule has 0 aromatic rings. The van der Waals surface area contributed by atoms with Crippen molar-refractivity contribution in [2.24, 2.45) is 0 Å². The molecule has 10 heteroatoms. The topological polar surface area (TPSA) is 171 Å². The Bertz CT molecular complexity index is 15.7. The minimum absolute atomic E-state index is 0. The molecule has 0 fully saturated rings. The zero-order chi connectivity index (χ0) is 0. The van der Waals surface area contributed by atoms with Crippen LogP contribution in [0.1, 0.15) is 0 Å². The maximum absolute atomic E-state index is 0. The molecule has 0 amide bonds. The summed E-state index contributed by atoms with van der Waals surface area (Å²) in [6.45, 7) is 0. The first kappa shape index (κ1) is 122. The van der Waals surface area contributed by atoms with Gasteiger partial charge in [-0.05, 0) is 0 Å². The standard InChI is InChI=1S/2Ba.Ca.6O.Re/q3*+2;6*-2;. The van der Waals surface area contributed by atoms with E-state index in [0.717, 1.165) is 0 Å². The van der Waals surface area contributed by atoms with Crippen molar-refractivity contribution in [3.63, 3.8) is 0 Å². The maximum Gasteiger partial charge on any atom is 2.00 e. The number of hydrogen-bond donors (Lipinski definition) is 0. The van der Waals surface area contributed by atoms with Crippen molar-refractivity contribution >= 4 is 136 Å². The largest absolute Gasteiger partial charge is 2.00 e. The van der Waals surface area contributed by atoms with Gasteiger partial charge in [-0.15, -0.1) is 0 Å². The van der Waals surface area contributed by atoms with E-state index in [0.29, 0.717) is 0 Å². The van der Waals surface area contributed by atoms with E-state index in [1.165, 1.54) is 0 Å². The maximum atomic E-state index is 0. The summed E-state index contributed by atoms with van der Waals surface area (Å²) in [6, 6.07) is 0. The van der Waals surface area contributed by atoms with E-state index in [9.17, 15) is 0 Å². The Balaban J connectivity index is 0. The van der Waals surface area contributed by atoms with E-state index < -0.39 is 0 Å². The Morgan fingerprint density at radius 1 is 0.400 bits per heavy atom. The molecule has 0 aromatic heterocycles. The normalized spacial score (nSPS) is 0. The Morgan fingerprint density at radius 3 is 0.400 bits per heavy atom. The van der Waals surface area contributed by atoms with E-state index >= 15 is 0 Å². The predicted molar refractivity (Wildman–Crippen MR) is 21.4 cm³/mol. The van der Waals surface area contributed by atoms with Crippen LogP contribution in [0.4, 0.5) is 0 Å². The first-order valence-corrected chi connectivity index (χ1v) is 0. The van der Waals surface area contributed by atoms with Crippen molar-refractivity contribution in [3.05, 3.63) is 0 Å². The van der Waals surface area contributed by atoms with Crippen LogP contribution in [-0.4, -0.2) is 136 Å². The van der Waals surface area contributed by atoms with Crippen molar-refractivity contribution in [1.82, 2.24) is 0 Å². The quantitative estimate of drug-likeness (QED) is 0.286. The average Bonchev–Trinajstić information content (AvgIpc) is 0. The average molecular weight is 597 g/mol. The molecular formula is Ba2CaO6Re-6. The first-order valence-electron chi connectivity index (χ1n) is 0. The minimum atomic E-state index is 0. The van der Waals surface area contributed by atoms with Crippen molar-refractivity contribution in [1.29, 1.82) is 0 Å². The van der Waals surface area contributed by atoms with Gasteiger partial charge in [0.2, 0.25) is 0 Å². The van der Waals surface area contributed by atoms with Crippen LogP contribution < -0.4 is 0 Å². The fraction of sp³-hybridized carbons (Fsp3) is 0. The molecule has 0 rings (SSSR count). The third kappa shape index (κ3) is 77.0. The van der Waals surface area contributed by atoms with Crippen LogP contribution in [-0.2, 0) is 53.3 Å². The fourth-order valence-corrected chi connectivity index (χ4v) is 0. The minimum Gasteiger partial charge on any atom is -2.00 e. The molecule has 0 aliphatic rings. The van der Waals surface area contributed by atoms with Gasteiger partial charge in [-0.25, -0.2) is 0 Å². The van der Waals surface area contributed by atoms with Crippen molar-refractivity contribution in [2.75, 3.05) is 0 Å². The Labute approximate surface area is 183 Å². The van der Waals surface area contributed by atoms with E-state index in [-0.39, 0.29) is 189 Å². The molecule has 0 spiro atoms. The second kappa shape index (κ2) is 97.7. The molecule has 0 aromatic carbocycles. The van der Waals surface area contributed by atoms with Crippen molar-refractivity contribution < 1.29 is 53.3 Å². The summed E-state index contributed by atoms with van der Waals surface area (Å²) >= 11 is 0. The van der Waals surface area contributed by atoms with E-state index in [1.54, 1.807) is 0 Å². The second-order valence-corrected chi connectivity index (χ2v) is 0. The van der Waals surface area contributed by atoms with E-state index in [4.69, 9.17) is 0 Å². The summed E-state index contributed by atoms with van der Waals surface area (Å²) in [7, 11) is 0. The number of rotatable bonds is 0. The number of hydrogen-bond acceptors (Lipinski definition) is 0. The van der Waals surface area contributed by atoms with Gasteiger partial charge in [-0.3, -0.25) is 0 Å². The monoisotopic (exact) mass is 599 g/mol. The van der Waals surface area contributed by atoms with Crippen LogP contribution in [0.5, 0.6) is 0 Å². The Hall–Kier alpha value is 4.82. The van der Waals surface area contributed by atoms with Gasteiger partial charge in [0, 0.05) is 20.4 Å². The summed E-state index contributed by atoms with van der Waals surface area (Å²) in [6.07, 6.45) is 0. The molecule has 0 bridgehead atoms. The zero-order valence-electron chi connectivity index (χ0n) is 4.95. The smallest absolute Gasteiger partial charge is 2.00 e. The first-order chi connectivity index (χ1) is 0. The zero-order valence-corrected chi connectivity index (χ0v) is 18.8. The van der Waals surface area contributed by atoms with Gasteiger partial charge >= 0.3 is 136 Å². The molecule has 0 heterocycles. The third-order valence-corrected chi connectivity index (χ3v) is 0. The van der Waals surface area contributed by atoms with Gasteiger partial charge in [-0.2, -0.15) is 0 Å². The molecule has 10 heavy (non-hydrogen) atoms. The molecule has 55 valence electrons. The molecule has 0 aliphatic heterocycles. The summed E-state index contributed by atoms with van der Waals surface area (Å²) in [5.74, 6) is 0. The van der Waals surface area contributed by atoms with Crippen LogP contribution in [0.2, 0.25) is 0 Å². The molecule has 0 saturated carbocycles. The van der Waals surface area contributed by atoms with Crippen molar-refractivity contribution in [3.8, 4) is 0 Å². The molecule has 0 N–H and O–H groups in total. The van der Waals surface area contributed by atoms with E-state index in [1.807, 2.05) is 0 Å². The third-order valence-electron chi connectivity index (χ3n) is 0. The van der Waals surface area contributed by atoms with Gasteiger partial charge in [0.15, 0.2) is 0 Å². The van der Waals surface area contributed by atoms with Gasteiger partial charge in [0.25, 0.3) is 0 Å². The summed E-state index contributed by atoms with van der Waals surface area (Å²) in [5, 5.41) is 0. The van der Waals surface area contributed by atoms with Gasteiger partial charge < -0.3 is 32.9 Å². The van der Waals surface area contributed by atoms with E-state index in [2.05, 4.69) is 0 Å². The molecule has 6 nitrogen and oxygen atoms in total. The van der Waals surface area contributed by atoms with Crippen LogP contribution in [0.25, 0.3) is 0 Å². The van der Waals surface area contributed by atoms with Gasteiger partial charge in [0.05, 0.1) is 0 Å². The molecule has 0 saturated heterocycles. The Kier molecular flexibility index (Phi) is 1190. The molecule has 0 aliphatic carbocycles. The molecule has 0 atom stereocenters. The SMILES string of the molecule is [Ba+2].[Ba+2].[Ca+2].[O-2].[O-2].[O-2].[O-2].[O-2].[O-2].[Re]. The van der Waals surface area contributed by atoms with Gasteiger partial charge in [-0.1, -0.05) is 0 Å². The van der Waals surface area contributed by atoms with Crippen molar-refractivity contribution in [2.45, 2.75) is 0 Å². The Morgan fingerprint density at radius 2 is 0.400 bits per heavy atom. The van der Waals surface area contributed by atoms with Gasteiger partial charge in [0.1, 0.15) is 0 Å². The summed E-state index contributed by atoms with van der Waals surface area (Å²) < 4.78 is 0. The summed E-state index contributed by atoms with van der Waals surface area (Å²) in [5.41, 5.74) is 0. The van der Waals surface area contributed by atoms with Crippen LogP contribution in [0, 0.1) is 0 Å². The summed E-state index contributed by atoms with van der Waals surface area (Å²) in [4.78, 5) is 0. The second-order valence-electron chi connectivity index (χ2n) is 0.